The van der Waals surface area contributed by atoms with Crippen LogP contribution in [0.2, 0.25) is 0 Å². The van der Waals surface area contributed by atoms with Crippen LogP contribution in [0.1, 0.15) is 44.9 Å². The van der Waals surface area contributed by atoms with Gasteiger partial charge in [-0.05, 0) is 51.4 Å². The molecule has 0 spiro atoms. The van der Waals surface area contributed by atoms with E-state index in [0.29, 0.717) is 6.04 Å². The van der Waals surface area contributed by atoms with Gasteiger partial charge in [-0.25, -0.2) is 0 Å². The summed E-state index contributed by atoms with van der Waals surface area (Å²) in [4.78, 5) is 0. The molecule has 0 heterocycles. The van der Waals surface area contributed by atoms with E-state index in [2.05, 4.69) is 17.8 Å². The van der Waals surface area contributed by atoms with E-state index in [4.69, 9.17) is 5.26 Å². The molecule has 0 aromatic heterocycles. The van der Waals surface area contributed by atoms with Crippen LogP contribution in [0, 0.1) is 17.8 Å². The number of nitrogens with zero attached hydrogens (tertiary/aromatic N) is 1. The fourth-order valence-corrected chi connectivity index (χ4v) is 2.28. The molecular weight excluding hydrogens is 160 g/mol. The van der Waals surface area contributed by atoms with Gasteiger partial charge in [-0.1, -0.05) is 0 Å². The van der Waals surface area contributed by atoms with Crippen LogP contribution >= 0.6 is 0 Å². The predicted octanol–water partition coefficient (Wildman–Crippen LogP) is 2.17. The second-order valence-electron chi connectivity index (χ2n) is 4.33. The monoisotopic (exact) mass is 177 g/mol. The summed E-state index contributed by atoms with van der Waals surface area (Å²) in [5.74, 6) is 0. The van der Waals surface area contributed by atoms with Gasteiger partial charge in [0, 0.05) is 6.04 Å². The van der Waals surface area contributed by atoms with Crippen molar-refractivity contribution in [2.75, 3.05) is 0 Å². The fraction of sp³-hybridized carbons (Fsp3) is 0.818. The lowest BCUT2D eigenvalue weighted by Crippen LogP contribution is -2.54. The number of nitrogens with one attached hydrogen (secondary N) is 1. The summed E-state index contributed by atoms with van der Waals surface area (Å²) in [6.07, 6.45) is 10.6. The van der Waals surface area contributed by atoms with Gasteiger partial charge in [0.2, 0.25) is 0 Å². The summed E-state index contributed by atoms with van der Waals surface area (Å²) in [7, 11) is 0. The smallest absolute Gasteiger partial charge is 0.106 e. The first-order valence-electron chi connectivity index (χ1n) is 5.35. The maximum absolute atomic E-state index is 9.05. The van der Waals surface area contributed by atoms with Crippen LogP contribution < -0.4 is 5.32 Å². The van der Waals surface area contributed by atoms with Crippen molar-refractivity contribution >= 4 is 0 Å². The van der Waals surface area contributed by atoms with Crippen molar-refractivity contribution in [3.05, 3.63) is 6.42 Å². The molecule has 1 N–H and O–H groups in total. The minimum absolute atomic E-state index is 0.137. The van der Waals surface area contributed by atoms with Crippen molar-refractivity contribution in [2.45, 2.75) is 56.5 Å². The number of hydrogen-bond acceptors (Lipinski definition) is 2. The summed E-state index contributed by atoms with van der Waals surface area (Å²) < 4.78 is 0. The lowest BCUT2D eigenvalue weighted by Gasteiger charge is -2.40. The van der Waals surface area contributed by atoms with Crippen molar-refractivity contribution in [3.8, 4) is 6.07 Å². The molecule has 0 bridgehead atoms. The van der Waals surface area contributed by atoms with Crippen LogP contribution in [0.3, 0.4) is 0 Å². The Balaban J connectivity index is 1.85. The molecule has 2 aliphatic rings. The van der Waals surface area contributed by atoms with Crippen LogP contribution in [0.15, 0.2) is 0 Å². The third-order valence-electron chi connectivity index (χ3n) is 3.34. The summed E-state index contributed by atoms with van der Waals surface area (Å²) >= 11 is 0. The zero-order chi connectivity index (χ0) is 9.15. The Bertz CT molecular complexity index is 207. The van der Waals surface area contributed by atoms with Gasteiger partial charge in [0.15, 0.2) is 0 Å². The van der Waals surface area contributed by atoms with E-state index in [-0.39, 0.29) is 5.54 Å². The summed E-state index contributed by atoms with van der Waals surface area (Å²) in [5, 5.41) is 12.6. The Hall–Kier alpha value is -0.550. The molecule has 0 atom stereocenters. The van der Waals surface area contributed by atoms with Crippen LogP contribution in [0.5, 0.6) is 0 Å². The van der Waals surface area contributed by atoms with Crippen LogP contribution in [0.4, 0.5) is 0 Å². The normalized spacial score (nSPS) is 27.6. The van der Waals surface area contributed by atoms with Crippen molar-refractivity contribution in [3.63, 3.8) is 0 Å². The van der Waals surface area contributed by atoms with E-state index < -0.39 is 0 Å². The van der Waals surface area contributed by atoms with E-state index in [1.54, 1.807) is 0 Å². The Morgan fingerprint density at radius 3 is 2.46 bits per heavy atom. The van der Waals surface area contributed by atoms with Gasteiger partial charge >= 0.3 is 0 Å². The van der Waals surface area contributed by atoms with Crippen LogP contribution in [-0.4, -0.2) is 11.6 Å². The molecule has 13 heavy (non-hydrogen) atoms. The van der Waals surface area contributed by atoms with Crippen LogP contribution in [-0.2, 0) is 0 Å². The number of rotatable bonds is 2. The Labute approximate surface area is 80.3 Å². The molecule has 0 amide bonds. The molecule has 0 aliphatic heterocycles. The Morgan fingerprint density at radius 2 is 2.00 bits per heavy atom. The molecule has 2 saturated carbocycles. The van der Waals surface area contributed by atoms with E-state index in [9.17, 15) is 0 Å². The van der Waals surface area contributed by atoms with Gasteiger partial charge in [-0.2, -0.15) is 5.26 Å². The number of nitriles is 1. The molecule has 2 fully saturated rings. The molecule has 2 rings (SSSR count). The predicted molar refractivity (Wildman–Crippen MR) is 51.9 cm³/mol. The highest BCUT2D eigenvalue weighted by Gasteiger charge is 2.38. The first kappa shape index (κ1) is 9.02. The molecule has 2 aliphatic carbocycles. The maximum atomic E-state index is 9.05. The summed E-state index contributed by atoms with van der Waals surface area (Å²) in [6.45, 7) is 0. The van der Waals surface area contributed by atoms with Crippen molar-refractivity contribution < 1.29 is 0 Å². The molecule has 2 nitrogen and oxygen atoms in total. The van der Waals surface area contributed by atoms with Gasteiger partial charge in [-0.15, -0.1) is 0 Å². The highest BCUT2D eigenvalue weighted by Crippen LogP contribution is 2.33. The molecule has 2 heteroatoms. The van der Waals surface area contributed by atoms with Gasteiger partial charge in [0.1, 0.15) is 5.54 Å². The van der Waals surface area contributed by atoms with E-state index in [1.165, 1.54) is 32.1 Å². The lowest BCUT2D eigenvalue weighted by atomic mass is 9.76. The molecule has 0 aromatic carbocycles. The Kier molecular flexibility index (Phi) is 2.55. The van der Waals surface area contributed by atoms with Crippen LogP contribution in [0.25, 0.3) is 0 Å². The number of hydrogen-bond donors (Lipinski definition) is 1. The van der Waals surface area contributed by atoms with Crippen molar-refractivity contribution in [2.24, 2.45) is 0 Å². The van der Waals surface area contributed by atoms with Gasteiger partial charge in [0.25, 0.3) is 0 Å². The quantitative estimate of drug-likeness (QED) is 0.701. The highest BCUT2D eigenvalue weighted by molar-refractivity contribution is 5.13. The third kappa shape index (κ3) is 1.86. The average molecular weight is 177 g/mol. The maximum Gasteiger partial charge on any atom is 0.106 e. The van der Waals surface area contributed by atoms with Gasteiger partial charge in [-0.3, -0.25) is 5.32 Å². The molecule has 71 valence electrons. The molecule has 0 aromatic rings. The largest absolute Gasteiger partial charge is 0.297 e. The summed E-state index contributed by atoms with van der Waals surface area (Å²) in [5.41, 5.74) is -0.137. The van der Waals surface area contributed by atoms with Gasteiger partial charge < -0.3 is 0 Å². The van der Waals surface area contributed by atoms with E-state index in [1.807, 2.05) is 0 Å². The molecule has 1 radical (unpaired) electrons. The van der Waals surface area contributed by atoms with E-state index in [0.717, 1.165) is 12.8 Å². The minimum Gasteiger partial charge on any atom is -0.297 e. The zero-order valence-electron chi connectivity index (χ0n) is 8.05. The SMILES string of the molecule is N#CC1(NC2CC[CH]CC2)CCC1. The van der Waals surface area contributed by atoms with Gasteiger partial charge in [0.05, 0.1) is 6.07 Å². The second-order valence-corrected chi connectivity index (χ2v) is 4.33. The highest BCUT2D eigenvalue weighted by atomic mass is 15.0. The second kappa shape index (κ2) is 3.67. The van der Waals surface area contributed by atoms with Crippen molar-refractivity contribution in [1.82, 2.24) is 5.32 Å². The fourth-order valence-electron chi connectivity index (χ4n) is 2.28. The first-order valence-corrected chi connectivity index (χ1v) is 5.35. The first-order chi connectivity index (χ1) is 6.35. The Morgan fingerprint density at radius 1 is 1.31 bits per heavy atom. The van der Waals surface area contributed by atoms with E-state index >= 15 is 0 Å². The minimum atomic E-state index is -0.137. The molecular formula is C11H17N2. The standard InChI is InChI=1S/C11H17N2/c12-9-11(7-4-8-11)13-10-5-2-1-3-6-10/h1,10,13H,2-8H2. The molecule has 0 saturated heterocycles. The average Bonchev–Trinajstić information content (AvgIpc) is 2.13. The zero-order valence-corrected chi connectivity index (χ0v) is 8.05. The third-order valence-corrected chi connectivity index (χ3v) is 3.34. The summed E-state index contributed by atoms with van der Waals surface area (Å²) in [6, 6.07) is 3.04. The topological polar surface area (TPSA) is 35.8 Å². The van der Waals surface area contributed by atoms with Crippen molar-refractivity contribution in [1.29, 1.82) is 5.26 Å². The lowest BCUT2D eigenvalue weighted by molar-refractivity contribution is 0.211. The molecule has 0 unspecified atom stereocenters.